The summed E-state index contributed by atoms with van der Waals surface area (Å²) in [4.78, 5) is 1.96. The summed E-state index contributed by atoms with van der Waals surface area (Å²) in [5.74, 6) is 0. The fourth-order valence-electron chi connectivity index (χ4n) is 2.58. The number of β-amino-alcohol motifs (C(OH)–C–C–N with tert-alkyl or cyclic N) is 3. The van der Waals surface area contributed by atoms with Crippen molar-refractivity contribution in [1.29, 1.82) is 0 Å². The maximum Gasteiger partial charge on any atom is 0.0938 e. The summed E-state index contributed by atoms with van der Waals surface area (Å²) in [6.07, 6.45) is 2.62. The van der Waals surface area contributed by atoms with E-state index in [1.165, 1.54) is 0 Å². The van der Waals surface area contributed by atoms with E-state index in [2.05, 4.69) is 0 Å². The number of nitrogens with zero attached hydrogens (tertiary/aromatic N) is 1. The van der Waals surface area contributed by atoms with Crippen LogP contribution in [0, 0.1) is 0 Å². The zero-order chi connectivity index (χ0) is 10.2. The quantitative estimate of drug-likeness (QED) is 0.554. The van der Waals surface area contributed by atoms with Gasteiger partial charge in [-0.2, -0.15) is 0 Å². The zero-order valence-electron chi connectivity index (χ0n) is 8.39. The highest BCUT2D eigenvalue weighted by molar-refractivity contribution is 4.92. The summed E-state index contributed by atoms with van der Waals surface area (Å²) in [5, 5.41) is 28.8. The van der Waals surface area contributed by atoms with Crippen LogP contribution in [0.15, 0.2) is 0 Å². The molecule has 4 nitrogen and oxygen atoms in total. The average molecular weight is 201 g/mol. The molecule has 1 aliphatic carbocycles. The summed E-state index contributed by atoms with van der Waals surface area (Å²) in [7, 11) is 0. The standard InChI is InChI=1S/C10H19NO3/c12-8-5-11(6-9(8)13)7-10(14)3-1-2-4-10/h8-9,12-14H,1-7H2. The van der Waals surface area contributed by atoms with Gasteiger partial charge in [-0.15, -0.1) is 0 Å². The molecule has 2 atom stereocenters. The first-order valence-corrected chi connectivity index (χ1v) is 5.40. The van der Waals surface area contributed by atoms with Gasteiger partial charge in [0.2, 0.25) is 0 Å². The normalized spacial score (nSPS) is 37.9. The Labute approximate surface area is 84.2 Å². The molecule has 14 heavy (non-hydrogen) atoms. The summed E-state index contributed by atoms with van der Waals surface area (Å²) < 4.78 is 0. The first kappa shape index (κ1) is 10.4. The third kappa shape index (κ3) is 2.08. The van der Waals surface area contributed by atoms with Gasteiger partial charge in [0.15, 0.2) is 0 Å². The van der Waals surface area contributed by atoms with Gasteiger partial charge in [0.25, 0.3) is 0 Å². The number of aliphatic hydroxyl groups excluding tert-OH is 2. The number of aliphatic hydroxyl groups is 3. The first-order valence-electron chi connectivity index (χ1n) is 5.40. The Morgan fingerprint density at radius 1 is 1.07 bits per heavy atom. The molecule has 3 N–H and O–H groups in total. The largest absolute Gasteiger partial charge is 0.389 e. The Morgan fingerprint density at radius 3 is 2.07 bits per heavy atom. The van der Waals surface area contributed by atoms with Crippen molar-refractivity contribution in [3.8, 4) is 0 Å². The lowest BCUT2D eigenvalue weighted by molar-refractivity contribution is 0.0123. The predicted molar refractivity (Wildman–Crippen MR) is 51.9 cm³/mol. The zero-order valence-corrected chi connectivity index (χ0v) is 8.39. The van der Waals surface area contributed by atoms with Crippen LogP contribution in [0.5, 0.6) is 0 Å². The highest BCUT2D eigenvalue weighted by Crippen LogP contribution is 2.31. The molecule has 0 bridgehead atoms. The molecule has 1 saturated carbocycles. The topological polar surface area (TPSA) is 63.9 Å². The molecular formula is C10H19NO3. The lowest BCUT2D eigenvalue weighted by Gasteiger charge is -2.27. The second kappa shape index (κ2) is 3.77. The third-order valence-electron chi connectivity index (χ3n) is 3.39. The Bertz CT molecular complexity index is 194. The van der Waals surface area contributed by atoms with E-state index >= 15 is 0 Å². The van der Waals surface area contributed by atoms with Crippen LogP contribution in [0.25, 0.3) is 0 Å². The Balaban J connectivity index is 1.86. The molecule has 0 aromatic rings. The maximum absolute atomic E-state index is 10.1. The Hall–Kier alpha value is -0.160. The molecule has 2 rings (SSSR count). The number of likely N-dealkylation sites (tertiary alicyclic amines) is 1. The Morgan fingerprint density at radius 2 is 1.57 bits per heavy atom. The van der Waals surface area contributed by atoms with Crippen LogP contribution in [-0.4, -0.2) is 57.7 Å². The van der Waals surface area contributed by atoms with Crippen molar-refractivity contribution in [3.05, 3.63) is 0 Å². The van der Waals surface area contributed by atoms with Gasteiger partial charge in [-0.25, -0.2) is 0 Å². The van der Waals surface area contributed by atoms with Gasteiger partial charge in [0.1, 0.15) is 0 Å². The van der Waals surface area contributed by atoms with E-state index in [0.717, 1.165) is 25.7 Å². The van der Waals surface area contributed by atoms with Gasteiger partial charge in [0, 0.05) is 19.6 Å². The molecular weight excluding hydrogens is 182 g/mol. The summed E-state index contributed by atoms with van der Waals surface area (Å²) in [6.45, 7) is 1.58. The second-order valence-corrected chi connectivity index (χ2v) is 4.76. The fraction of sp³-hybridized carbons (Fsp3) is 1.00. The number of rotatable bonds is 2. The lowest BCUT2D eigenvalue weighted by atomic mass is 10.0. The summed E-state index contributed by atoms with van der Waals surface area (Å²) in [5.41, 5.74) is -0.566. The minimum atomic E-state index is -0.639. The Kier molecular flexibility index (Phi) is 2.79. The molecule has 2 aliphatic rings. The molecule has 0 aromatic heterocycles. The predicted octanol–water partition coefficient (Wildman–Crippen LogP) is -0.671. The number of hydrogen-bond acceptors (Lipinski definition) is 4. The molecule has 0 amide bonds. The lowest BCUT2D eigenvalue weighted by Crippen LogP contribution is -2.40. The summed E-state index contributed by atoms with van der Waals surface area (Å²) in [6, 6.07) is 0. The van der Waals surface area contributed by atoms with Crippen LogP contribution >= 0.6 is 0 Å². The molecule has 4 heteroatoms. The van der Waals surface area contributed by atoms with E-state index in [1.807, 2.05) is 4.90 Å². The SMILES string of the molecule is OC1CN(CC2(O)CCCC2)CC1O. The van der Waals surface area contributed by atoms with Crippen molar-refractivity contribution in [1.82, 2.24) is 4.90 Å². The number of hydrogen-bond donors (Lipinski definition) is 3. The van der Waals surface area contributed by atoms with Gasteiger partial charge >= 0.3 is 0 Å². The van der Waals surface area contributed by atoms with Crippen molar-refractivity contribution < 1.29 is 15.3 Å². The van der Waals surface area contributed by atoms with Crippen LogP contribution in [-0.2, 0) is 0 Å². The monoisotopic (exact) mass is 201 g/mol. The van der Waals surface area contributed by atoms with Gasteiger partial charge in [-0.05, 0) is 12.8 Å². The van der Waals surface area contributed by atoms with E-state index < -0.39 is 17.8 Å². The highest BCUT2D eigenvalue weighted by atomic mass is 16.3. The molecule has 1 aliphatic heterocycles. The van der Waals surface area contributed by atoms with Crippen molar-refractivity contribution >= 4 is 0 Å². The van der Waals surface area contributed by atoms with E-state index in [1.54, 1.807) is 0 Å². The van der Waals surface area contributed by atoms with Crippen LogP contribution in [0.4, 0.5) is 0 Å². The first-order chi connectivity index (χ1) is 6.59. The molecule has 0 aromatic carbocycles. The van der Waals surface area contributed by atoms with Crippen LogP contribution in [0.2, 0.25) is 0 Å². The van der Waals surface area contributed by atoms with Crippen LogP contribution in [0.1, 0.15) is 25.7 Å². The smallest absolute Gasteiger partial charge is 0.0938 e. The molecule has 2 fully saturated rings. The van der Waals surface area contributed by atoms with Crippen molar-refractivity contribution in [2.75, 3.05) is 19.6 Å². The fourth-order valence-corrected chi connectivity index (χ4v) is 2.58. The maximum atomic E-state index is 10.1. The van der Waals surface area contributed by atoms with E-state index in [4.69, 9.17) is 0 Å². The van der Waals surface area contributed by atoms with Crippen molar-refractivity contribution in [3.63, 3.8) is 0 Å². The van der Waals surface area contributed by atoms with Crippen molar-refractivity contribution in [2.24, 2.45) is 0 Å². The van der Waals surface area contributed by atoms with E-state index in [-0.39, 0.29) is 0 Å². The van der Waals surface area contributed by atoms with E-state index in [9.17, 15) is 15.3 Å². The molecule has 1 saturated heterocycles. The molecule has 2 unspecified atom stereocenters. The third-order valence-corrected chi connectivity index (χ3v) is 3.39. The van der Waals surface area contributed by atoms with Crippen LogP contribution in [0.3, 0.4) is 0 Å². The second-order valence-electron chi connectivity index (χ2n) is 4.76. The average Bonchev–Trinajstić information content (AvgIpc) is 2.62. The molecule has 0 radical (unpaired) electrons. The van der Waals surface area contributed by atoms with Gasteiger partial charge in [0.05, 0.1) is 17.8 Å². The van der Waals surface area contributed by atoms with Crippen LogP contribution < -0.4 is 0 Å². The minimum Gasteiger partial charge on any atom is -0.389 e. The van der Waals surface area contributed by atoms with Gasteiger partial charge in [-0.3, -0.25) is 4.90 Å². The summed E-state index contributed by atoms with van der Waals surface area (Å²) >= 11 is 0. The molecule has 1 heterocycles. The highest BCUT2D eigenvalue weighted by Gasteiger charge is 2.37. The van der Waals surface area contributed by atoms with Crippen molar-refractivity contribution in [2.45, 2.75) is 43.5 Å². The molecule has 0 spiro atoms. The van der Waals surface area contributed by atoms with E-state index in [0.29, 0.717) is 19.6 Å². The molecule has 82 valence electrons. The minimum absolute atomic E-state index is 0.490. The van der Waals surface area contributed by atoms with Gasteiger partial charge in [-0.1, -0.05) is 12.8 Å². The van der Waals surface area contributed by atoms with Gasteiger partial charge < -0.3 is 15.3 Å².